The van der Waals surface area contributed by atoms with E-state index < -0.39 is 0 Å². The van der Waals surface area contributed by atoms with Crippen molar-refractivity contribution in [3.05, 3.63) is 63.4 Å². The second-order valence-electron chi connectivity index (χ2n) is 4.68. The third-order valence-electron chi connectivity index (χ3n) is 3.20. The van der Waals surface area contributed by atoms with Crippen LogP contribution in [0, 0.1) is 12.7 Å². The second kappa shape index (κ2) is 6.37. The van der Waals surface area contributed by atoms with Crippen LogP contribution in [0.2, 0.25) is 0 Å². The zero-order valence-corrected chi connectivity index (χ0v) is 13.3. The van der Waals surface area contributed by atoms with Crippen molar-refractivity contribution in [1.82, 2.24) is 5.32 Å². The molecule has 2 aromatic carbocycles. The Hall–Kier alpha value is -1.39. The summed E-state index contributed by atoms with van der Waals surface area (Å²) in [7, 11) is 3.33. The van der Waals surface area contributed by atoms with E-state index in [0.717, 1.165) is 21.2 Å². The molecule has 0 heterocycles. The van der Waals surface area contributed by atoms with Crippen molar-refractivity contribution in [3.8, 4) is 5.75 Å². The molecule has 0 saturated carbocycles. The van der Waals surface area contributed by atoms with Gasteiger partial charge in [0, 0.05) is 4.47 Å². The smallest absolute Gasteiger partial charge is 0.165 e. The highest BCUT2D eigenvalue weighted by Gasteiger charge is 2.15. The summed E-state index contributed by atoms with van der Waals surface area (Å²) in [5.41, 5.74) is 3.11. The Morgan fingerprint density at radius 2 is 1.90 bits per heavy atom. The largest absolute Gasteiger partial charge is 0.494 e. The number of nitrogens with one attached hydrogen (secondary N) is 1. The molecule has 106 valence electrons. The Balaban J connectivity index is 2.44. The maximum absolute atomic E-state index is 13.9. The zero-order valence-electron chi connectivity index (χ0n) is 11.7. The monoisotopic (exact) mass is 337 g/mol. The molecule has 2 aromatic rings. The van der Waals surface area contributed by atoms with Crippen molar-refractivity contribution in [2.75, 3.05) is 14.2 Å². The predicted molar refractivity (Wildman–Crippen MR) is 82.7 cm³/mol. The van der Waals surface area contributed by atoms with E-state index in [4.69, 9.17) is 4.74 Å². The van der Waals surface area contributed by atoms with Gasteiger partial charge in [-0.1, -0.05) is 28.1 Å². The lowest BCUT2D eigenvalue weighted by Crippen LogP contribution is -2.18. The minimum atomic E-state index is -0.350. The molecule has 1 unspecified atom stereocenters. The molecular formula is C16H17BrFNO. The minimum Gasteiger partial charge on any atom is -0.494 e. The van der Waals surface area contributed by atoms with Gasteiger partial charge in [0.05, 0.1) is 13.2 Å². The fourth-order valence-corrected chi connectivity index (χ4v) is 2.94. The minimum absolute atomic E-state index is 0.0633. The summed E-state index contributed by atoms with van der Waals surface area (Å²) in [4.78, 5) is 0. The van der Waals surface area contributed by atoms with Crippen molar-refractivity contribution < 1.29 is 9.13 Å². The predicted octanol–water partition coefficient (Wildman–Crippen LogP) is 4.21. The van der Waals surface area contributed by atoms with Gasteiger partial charge in [-0.05, 0) is 54.9 Å². The highest BCUT2D eigenvalue weighted by molar-refractivity contribution is 9.10. The zero-order chi connectivity index (χ0) is 14.7. The van der Waals surface area contributed by atoms with E-state index in [1.54, 1.807) is 6.07 Å². The number of halogens is 2. The lowest BCUT2D eigenvalue weighted by Gasteiger charge is -2.19. The summed E-state index contributed by atoms with van der Waals surface area (Å²) in [5, 5.41) is 3.23. The van der Waals surface area contributed by atoms with Crippen molar-refractivity contribution in [2.45, 2.75) is 13.0 Å². The van der Waals surface area contributed by atoms with Gasteiger partial charge >= 0.3 is 0 Å². The maximum atomic E-state index is 13.9. The summed E-state index contributed by atoms with van der Waals surface area (Å²) < 4.78 is 19.8. The SMILES string of the molecule is CNC(c1cc(C)cc(Br)c1)c1ccc(OC)c(F)c1. The first-order valence-electron chi connectivity index (χ1n) is 6.33. The quantitative estimate of drug-likeness (QED) is 0.902. The molecule has 0 aliphatic heterocycles. The Bertz CT molecular complexity index is 595. The molecule has 0 amide bonds. The molecule has 1 N–H and O–H groups in total. The second-order valence-corrected chi connectivity index (χ2v) is 5.59. The van der Waals surface area contributed by atoms with Crippen LogP contribution in [0.3, 0.4) is 0 Å². The van der Waals surface area contributed by atoms with Gasteiger partial charge in [-0.3, -0.25) is 0 Å². The summed E-state index contributed by atoms with van der Waals surface area (Å²) in [6.45, 7) is 2.04. The van der Waals surface area contributed by atoms with Crippen LogP contribution in [0.15, 0.2) is 40.9 Å². The number of benzene rings is 2. The van der Waals surface area contributed by atoms with Crippen LogP contribution < -0.4 is 10.1 Å². The summed E-state index contributed by atoms with van der Waals surface area (Å²) in [5.74, 6) is -0.0917. The summed E-state index contributed by atoms with van der Waals surface area (Å²) >= 11 is 3.50. The van der Waals surface area contributed by atoms with Crippen molar-refractivity contribution in [3.63, 3.8) is 0 Å². The van der Waals surface area contributed by atoms with Gasteiger partial charge in [-0.2, -0.15) is 0 Å². The van der Waals surface area contributed by atoms with Crippen LogP contribution >= 0.6 is 15.9 Å². The molecule has 0 aliphatic rings. The molecule has 1 atom stereocenters. The van der Waals surface area contributed by atoms with Gasteiger partial charge in [-0.25, -0.2) is 4.39 Å². The van der Waals surface area contributed by atoms with Gasteiger partial charge in [0.1, 0.15) is 0 Å². The third-order valence-corrected chi connectivity index (χ3v) is 3.65. The van der Waals surface area contributed by atoms with Crippen LogP contribution in [0.25, 0.3) is 0 Å². The molecule has 0 aliphatic carbocycles. The molecular weight excluding hydrogens is 321 g/mol. The highest BCUT2D eigenvalue weighted by Crippen LogP contribution is 2.28. The molecule has 0 spiro atoms. The molecule has 0 fully saturated rings. The lowest BCUT2D eigenvalue weighted by molar-refractivity contribution is 0.386. The molecule has 4 heteroatoms. The van der Waals surface area contributed by atoms with E-state index in [1.807, 2.05) is 32.2 Å². The van der Waals surface area contributed by atoms with E-state index in [0.29, 0.717) is 0 Å². The molecule has 20 heavy (non-hydrogen) atoms. The van der Waals surface area contributed by atoms with E-state index in [-0.39, 0.29) is 17.6 Å². The molecule has 0 radical (unpaired) electrons. The van der Waals surface area contributed by atoms with Crippen LogP contribution in [0.5, 0.6) is 5.75 Å². The van der Waals surface area contributed by atoms with Gasteiger partial charge in [-0.15, -0.1) is 0 Å². The fraction of sp³-hybridized carbons (Fsp3) is 0.250. The standard InChI is InChI=1S/C16H17BrFNO/c1-10-6-12(8-13(17)7-10)16(19-2)11-4-5-15(20-3)14(18)9-11/h4-9,16,19H,1-3H3. The first-order valence-corrected chi connectivity index (χ1v) is 7.12. The lowest BCUT2D eigenvalue weighted by atomic mass is 9.97. The van der Waals surface area contributed by atoms with Crippen molar-refractivity contribution in [2.24, 2.45) is 0 Å². The van der Waals surface area contributed by atoms with E-state index >= 15 is 0 Å². The normalized spacial score (nSPS) is 12.2. The van der Waals surface area contributed by atoms with Crippen LogP contribution in [-0.2, 0) is 0 Å². The summed E-state index contributed by atoms with van der Waals surface area (Å²) in [6, 6.07) is 11.1. The van der Waals surface area contributed by atoms with Gasteiger partial charge in [0.15, 0.2) is 11.6 Å². The summed E-state index contributed by atoms with van der Waals surface area (Å²) in [6.07, 6.45) is 0. The van der Waals surface area contributed by atoms with E-state index in [2.05, 4.69) is 27.3 Å². The number of rotatable bonds is 4. The third kappa shape index (κ3) is 3.19. The first kappa shape index (κ1) is 15.0. The van der Waals surface area contributed by atoms with Crippen LogP contribution in [-0.4, -0.2) is 14.2 Å². The molecule has 0 saturated heterocycles. The Morgan fingerprint density at radius 1 is 1.15 bits per heavy atom. The Morgan fingerprint density at radius 3 is 2.45 bits per heavy atom. The first-order chi connectivity index (χ1) is 9.55. The number of aryl methyl sites for hydroxylation is 1. The topological polar surface area (TPSA) is 21.3 Å². The number of methoxy groups -OCH3 is 1. The van der Waals surface area contributed by atoms with Crippen LogP contribution in [0.1, 0.15) is 22.7 Å². The van der Waals surface area contributed by atoms with Crippen molar-refractivity contribution in [1.29, 1.82) is 0 Å². The fourth-order valence-electron chi connectivity index (χ4n) is 2.32. The number of hydrogen-bond donors (Lipinski definition) is 1. The molecule has 0 aromatic heterocycles. The highest BCUT2D eigenvalue weighted by atomic mass is 79.9. The van der Waals surface area contributed by atoms with E-state index in [9.17, 15) is 4.39 Å². The van der Waals surface area contributed by atoms with Gasteiger partial charge in [0.2, 0.25) is 0 Å². The van der Waals surface area contributed by atoms with Gasteiger partial charge in [0.25, 0.3) is 0 Å². The van der Waals surface area contributed by atoms with Gasteiger partial charge < -0.3 is 10.1 Å². The van der Waals surface area contributed by atoms with Crippen molar-refractivity contribution >= 4 is 15.9 Å². The molecule has 2 rings (SSSR count). The maximum Gasteiger partial charge on any atom is 0.165 e. The molecule has 0 bridgehead atoms. The average molecular weight is 338 g/mol. The Kier molecular flexibility index (Phi) is 4.78. The number of hydrogen-bond acceptors (Lipinski definition) is 2. The Labute approximate surface area is 127 Å². The van der Waals surface area contributed by atoms with E-state index in [1.165, 1.54) is 13.2 Å². The van der Waals surface area contributed by atoms with Crippen LogP contribution in [0.4, 0.5) is 4.39 Å². The average Bonchev–Trinajstić information content (AvgIpc) is 2.38. The molecule has 2 nitrogen and oxygen atoms in total. The number of ether oxygens (including phenoxy) is 1.